The lowest BCUT2D eigenvalue weighted by Gasteiger charge is -2.15. The molecule has 0 atom stereocenters. The number of rotatable bonds is 8. The fraction of sp³-hybridized carbons (Fsp3) is 0.120. The Morgan fingerprint density at radius 1 is 0.778 bits per heavy atom. The smallest absolute Gasteiger partial charge is 0.241 e. The molecule has 0 saturated heterocycles. The summed E-state index contributed by atoms with van der Waals surface area (Å²) in [7, 11) is 4.63. The van der Waals surface area contributed by atoms with Crippen molar-refractivity contribution in [2.75, 3.05) is 32.0 Å². The van der Waals surface area contributed by atoms with Crippen LogP contribution in [0, 0.1) is 5.82 Å². The van der Waals surface area contributed by atoms with Gasteiger partial charge in [-0.2, -0.15) is 4.98 Å². The molecule has 10 nitrogen and oxygen atoms in total. The summed E-state index contributed by atoms with van der Waals surface area (Å²) >= 11 is 0. The van der Waals surface area contributed by atoms with Crippen molar-refractivity contribution in [2.24, 2.45) is 0 Å². The van der Waals surface area contributed by atoms with E-state index < -0.39 is 0 Å². The van der Waals surface area contributed by atoms with E-state index in [0.29, 0.717) is 46.5 Å². The van der Waals surface area contributed by atoms with Crippen LogP contribution in [0.1, 0.15) is 0 Å². The SMILES string of the molecule is COc1cc(Nc2ncnc(-n3c(Nc4ccc(F)cc4)nc4ccccc43)n2)cc(OC)c1OC. The second-order valence-electron chi connectivity index (χ2n) is 7.54. The van der Waals surface area contributed by atoms with Crippen LogP contribution in [0.3, 0.4) is 0 Å². The predicted octanol–water partition coefficient (Wildman–Crippen LogP) is 4.86. The van der Waals surface area contributed by atoms with Crippen molar-refractivity contribution in [3.8, 4) is 23.2 Å². The van der Waals surface area contributed by atoms with E-state index in [1.165, 1.54) is 18.5 Å². The van der Waals surface area contributed by atoms with Crippen molar-refractivity contribution in [1.82, 2.24) is 24.5 Å². The molecule has 5 rings (SSSR count). The minimum Gasteiger partial charge on any atom is -0.493 e. The van der Waals surface area contributed by atoms with Crippen molar-refractivity contribution < 1.29 is 18.6 Å². The molecule has 0 saturated carbocycles. The molecule has 0 radical (unpaired) electrons. The standard InChI is InChI=1S/C25H22FN7O3/c1-34-20-12-17(13-21(35-2)22(20)36-3)29-23-27-14-28-24(32-23)33-19-7-5-4-6-18(19)31-25(33)30-16-10-8-15(26)9-11-16/h4-14H,1-3H3,(H,30,31)(H,27,28,29,32). The Labute approximate surface area is 205 Å². The van der Waals surface area contributed by atoms with Crippen LogP contribution in [-0.2, 0) is 0 Å². The summed E-state index contributed by atoms with van der Waals surface area (Å²) in [5, 5.41) is 6.37. The molecule has 2 N–H and O–H groups in total. The predicted molar refractivity (Wildman–Crippen MR) is 134 cm³/mol. The third-order valence-electron chi connectivity index (χ3n) is 5.34. The summed E-state index contributed by atoms with van der Waals surface area (Å²) in [6.07, 6.45) is 1.40. The normalized spacial score (nSPS) is 10.8. The van der Waals surface area contributed by atoms with Gasteiger partial charge in [0.25, 0.3) is 0 Å². The molecule has 182 valence electrons. The summed E-state index contributed by atoms with van der Waals surface area (Å²) in [4.78, 5) is 17.9. The lowest BCUT2D eigenvalue weighted by molar-refractivity contribution is 0.324. The van der Waals surface area contributed by atoms with E-state index in [2.05, 4.69) is 30.6 Å². The lowest BCUT2D eigenvalue weighted by atomic mass is 10.2. The van der Waals surface area contributed by atoms with Gasteiger partial charge >= 0.3 is 0 Å². The number of nitrogens with one attached hydrogen (secondary N) is 2. The number of nitrogens with zero attached hydrogens (tertiary/aromatic N) is 5. The Kier molecular flexibility index (Phi) is 6.18. The van der Waals surface area contributed by atoms with E-state index >= 15 is 0 Å². The Hall–Kier alpha value is -4.93. The van der Waals surface area contributed by atoms with E-state index in [1.807, 2.05) is 24.3 Å². The highest BCUT2D eigenvalue weighted by molar-refractivity contribution is 5.81. The summed E-state index contributed by atoms with van der Waals surface area (Å²) in [6, 6.07) is 17.1. The van der Waals surface area contributed by atoms with E-state index in [0.717, 1.165) is 11.0 Å². The van der Waals surface area contributed by atoms with E-state index in [-0.39, 0.29) is 5.82 Å². The molecule has 0 aliphatic rings. The molecular formula is C25H22FN7O3. The fourth-order valence-corrected chi connectivity index (χ4v) is 3.71. The van der Waals surface area contributed by atoms with Crippen LogP contribution in [0.4, 0.5) is 27.7 Å². The van der Waals surface area contributed by atoms with Gasteiger partial charge in [-0.15, -0.1) is 0 Å². The summed E-state index contributed by atoms with van der Waals surface area (Å²) < 4.78 is 31.4. The maximum atomic E-state index is 13.4. The van der Waals surface area contributed by atoms with Crippen LogP contribution in [0.25, 0.3) is 17.0 Å². The second kappa shape index (κ2) is 9.74. The molecule has 2 aromatic heterocycles. The van der Waals surface area contributed by atoms with Gasteiger partial charge < -0.3 is 24.8 Å². The van der Waals surface area contributed by atoms with E-state index in [4.69, 9.17) is 14.2 Å². The second-order valence-corrected chi connectivity index (χ2v) is 7.54. The molecule has 0 fully saturated rings. The van der Waals surface area contributed by atoms with Gasteiger partial charge in [0, 0.05) is 23.5 Å². The summed E-state index contributed by atoms with van der Waals surface area (Å²) in [5.74, 6) is 2.21. The number of halogens is 1. The first-order valence-electron chi connectivity index (χ1n) is 10.9. The summed E-state index contributed by atoms with van der Waals surface area (Å²) in [6.45, 7) is 0. The molecule has 11 heteroatoms. The van der Waals surface area contributed by atoms with Crippen LogP contribution in [-0.4, -0.2) is 45.8 Å². The fourth-order valence-electron chi connectivity index (χ4n) is 3.71. The maximum Gasteiger partial charge on any atom is 0.241 e. The molecule has 0 aliphatic carbocycles. The monoisotopic (exact) mass is 487 g/mol. The number of hydrogen-bond donors (Lipinski definition) is 2. The number of aromatic nitrogens is 5. The highest BCUT2D eigenvalue weighted by Gasteiger charge is 2.17. The minimum atomic E-state index is -0.325. The highest BCUT2D eigenvalue weighted by Crippen LogP contribution is 2.40. The average Bonchev–Trinajstić information content (AvgIpc) is 3.27. The largest absolute Gasteiger partial charge is 0.493 e. The average molecular weight is 487 g/mol. The van der Waals surface area contributed by atoms with Crippen molar-refractivity contribution >= 4 is 34.3 Å². The van der Waals surface area contributed by atoms with Gasteiger partial charge in [-0.25, -0.2) is 23.9 Å². The Morgan fingerprint density at radius 3 is 2.19 bits per heavy atom. The van der Waals surface area contributed by atoms with Crippen LogP contribution in [0.5, 0.6) is 17.2 Å². The van der Waals surface area contributed by atoms with Gasteiger partial charge in [-0.1, -0.05) is 12.1 Å². The number of benzene rings is 3. The first-order chi connectivity index (χ1) is 17.6. The van der Waals surface area contributed by atoms with Crippen LogP contribution < -0.4 is 24.8 Å². The molecular weight excluding hydrogens is 465 g/mol. The first kappa shape index (κ1) is 22.8. The number of hydrogen-bond acceptors (Lipinski definition) is 9. The number of para-hydroxylation sites is 2. The number of methoxy groups -OCH3 is 3. The molecule has 0 spiro atoms. The molecule has 3 aromatic carbocycles. The Morgan fingerprint density at radius 2 is 1.50 bits per heavy atom. The topological polar surface area (TPSA) is 108 Å². The number of fused-ring (bicyclic) bond motifs is 1. The van der Waals surface area contributed by atoms with Crippen LogP contribution in [0.2, 0.25) is 0 Å². The van der Waals surface area contributed by atoms with Gasteiger partial charge in [0.05, 0.1) is 32.4 Å². The molecule has 0 bridgehead atoms. The van der Waals surface area contributed by atoms with Crippen LogP contribution >= 0.6 is 0 Å². The molecule has 5 aromatic rings. The molecule has 36 heavy (non-hydrogen) atoms. The maximum absolute atomic E-state index is 13.4. The zero-order valence-corrected chi connectivity index (χ0v) is 19.7. The van der Waals surface area contributed by atoms with Crippen molar-refractivity contribution in [1.29, 1.82) is 0 Å². The Balaban J connectivity index is 1.54. The number of anilines is 4. The molecule has 2 heterocycles. The van der Waals surface area contributed by atoms with Crippen molar-refractivity contribution in [3.05, 3.63) is 72.8 Å². The Bertz CT molecular complexity index is 1500. The quantitative estimate of drug-likeness (QED) is 0.317. The highest BCUT2D eigenvalue weighted by atomic mass is 19.1. The molecule has 0 aliphatic heterocycles. The summed E-state index contributed by atoms with van der Waals surface area (Å²) in [5.41, 5.74) is 2.81. The van der Waals surface area contributed by atoms with Gasteiger partial charge in [0.1, 0.15) is 12.1 Å². The van der Waals surface area contributed by atoms with Gasteiger partial charge in [-0.3, -0.25) is 0 Å². The molecule has 0 amide bonds. The van der Waals surface area contributed by atoms with Gasteiger partial charge in [0.2, 0.25) is 23.6 Å². The van der Waals surface area contributed by atoms with Gasteiger partial charge in [0.15, 0.2) is 11.5 Å². The van der Waals surface area contributed by atoms with Crippen molar-refractivity contribution in [2.45, 2.75) is 0 Å². The zero-order chi connectivity index (χ0) is 25.1. The van der Waals surface area contributed by atoms with Crippen LogP contribution in [0.15, 0.2) is 67.0 Å². The van der Waals surface area contributed by atoms with E-state index in [1.54, 1.807) is 50.2 Å². The minimum absolute atomic E-state index is 0.291. The first-order valence-corrected chi connectivity index (χ1v) is 10.9. The van der Waals surface area contributed by atoms with Crippen molar-refractivity contribution in [3.63, 3.8) is 0 Å². The number of imidazole rings is 1. The number of ether oxygens (including phenoxy) is 3. The van der Waals surface area contributed by atoms with E-state index in [9.17, 15) is 4.39 Å². The third kappa shape index (κ3) is 4.41. The third-order valence-corrected chi connectivity index (χ3v) is 5.34. The van der Waals surface area contributed by atoms with Gasteiger partial charge in [-0.05, 0) is 36.4 Å². The zero-order valence-electron chi connectivity index (χ0n) is 19.7. The molecule has 0 unspecified atom stereocenters. The lowest BCUT2D eigenvalue weighted by Crippen LogP contribution is -2.08.